The number of hydrogen-bond acceptors (Lipinski definition) is 8. The standard InChI is InChI=1S/C23H27F2N7O/c1-15-3-4-19(20(25)5-15)22(12-23(28-14-29-23)33-30(22)2)13-31-8-16-10-32(11-17(16)9-31)21-26-6-18(24)7-27-21/h3-7,14,16-17H,8-13H2,1-2H3,(H,28,29). The molecule has 0 bridgehead atoms. The van der Waals surface area contributed by atoms with Crippen LogP contribution in [0.1, 0.15) is 17.5 Å². The number of nitrogens with one attached hydrogen (secondary N) is 1. The predicted octanol–water partition coefficient (Wildman–Crippen LogP) is 1.88. The van der Waals surface area contributed by atoms with Crippen molar-refractivity contribution in [3.8, 4) is 0 Å². The molecular weight excluding hydrogens is 428 g/mol. The Balaban J connectivity index is 1.23. The Morgan fingerprint density at radius 2 is 1.82 bits per heavy atom. The first-order chi connectivity index (χ1) is 15.9. The van der Waals surface area contributed by atoms with Crippen LogP contribution in [0, 0.1) is 30.4 Å². The first-order valence-electron chi connectivity index (χ1n) is 11.3. The van der Waals surface area contributed by atoms with Gasteiger partial charge in [-0.3, -0.25) is 0 Å². The van der Waals surface area contributed by atoms with Crippen LogP contribution < -0.4 is 10.2 Å². The number of rotatable bonds is 4. The fourth-order valence-electron chi connectivity index (χ4n) is 5.93. The zero-order chi connectivity index (χ0) is 22.8. The number of anilines is 1. The Hall–Kier alpha value is -2.69. The van der Waals surface area contributed by atoms with Crippen molar-refractivity contribution >= 4 is 12.3 Å². The number of aryl methyl sites for hydroxylation is 1. The van der Waals surface area contributed by atoms with Gasteiger partial charge in [-0.1, -0.05) is 12.1 Å². The lowest BCUT2D eigenvalue weighted by molar-refractivity contribution is -0.218. The van der Waals surface area contributed by atoms with Gasteiger partial charge in [0.2, 0.25) is 5.95 Å². The summed E-state index contributed by atoms with van der Waals surface area (Å²) < 4.78 is 28.4. The molecule has 0 amide bonds. The second-order valence-electron chi connectivity index (χ2n) is 9.79. The molecule has 8 nitrogen and oxygen atoms in total. The fraction of sp³-hybridized carbons (Fsp3) is 0.522. The lowest BCUT2D eigenvalue weighted by Crippen LogP contribution is -2.52. The molecule has 4 aliphatic heterocycles. The van der Waals surface area contributed by atoms with E-state index in [1.54, 1.807) is 17.5 Å². The lowest BCUT2D eigenvalue weighted by Gasteiger charge is -2.38. The van der Waals surface area contributed by atoms with Crippen molar-refractivity contribution in [1.82, 2.24) is 25.2 Å². The number of likely N-dealkylation sites (tertiary alicyclic amines) is 1. The molecule has 6 rings (SSSR count). The number of nitrogens with zero attached hydrogens (tertiary/aromatic N) is 6. The van der Waals surface area contributed by atoms with Crippen LogP contribution in [0.5, 0.6) is 0 Å². The Kier molecular flexibility index (Phi) is 4.69. The average Bonchev–Trinajstić information content (AvgIpc) is 3.39. The van der Waals surface area contributed by atoms with Gasteiger partial charge in [0.25, 0.3) is 5.85 Å². The van der Waals surface area contributed by atoms with E-state index >= 15 is 4.39 Å². The van der Waals surface area contributed by atoms with E-state index in [9.17, 15) is 4.39 Å². The van der Waals surface area contributed by atoms with Gasteiger partial charge in [-0.15, -0.1) is 0 Å². The molecule has 2 aromatic rings. The van der Waals surface area contributed by atoms with Crippen LogP contribution in [0.4, 0.5) is 14.7 Å². The number of hydrogen-bond donors (Lipinski definition) is 1. The molecule has 4 unspecified atom stereocenters. The van der Waals surface area contributed by atoms with Gasteiger partial charge < -0.3 is 15.1 Å². The van der Waals surface area contributed by atoms with Gasteiger partial charge in [-0.05, 0) is 30.4 Å². The number of fused-ring (bicyclic) bond motifs is 1. The van der Waals surface area contributed by atoms with Crippen LogP contribution in [-0.4, -0.2) is 71.9 Å². The molecule has 5 heterocycles. The van der Waals surface area contributed by atoms with Crippen molar-refractivity contribution in [3.05, 3.63) is 53.4 Å². The van der Waals surface area contributed by atoms with Crippen molar-refractivity contribution in [3.63, 3.8) is 0 Å². The SMILES string of the molecule is Cc1ccc(C2(CN3CC4CN(c5ncc(F)cn5)CC4C3)CC3(N=CN3)ON2C)c(F)c1. The Morgan fingerprint density at radius 3 is 2.39 bits per heavy atom. The summed E-state index contributed by atoms with van der Waals surface area (Å²) in [6.07, 6.45) is 4.58. The summed E-state index contributed by atoms with van der Waals surface area (Å²) in [5.41, 5.74) is 0.858. The molecule has 1 N–H and O–H groups in total. The molecule has 174 valence electrons. The maximum Gasteiger partial charge on any atom is 0.258 e. The van der Waals surface area contributed by atoms with Crippen LogP contribution in [0.25, 0.3) is 0 Å². The Labute approximate surface area is 191 Å². The molecule has 10 heteroatoms. The van der Waals surface area contributed by atoms with Crippen molar-refractivity contribution in [2.24, 2.45) is 16.8 Å². The van der Waals surface area contributed by atoms with Gasteiger partial charge in [0, 0.05) is 51.8 Å². The first-order valence-corrected chi connectivity index (χ1v) is 11.3. The molecule has 0 saturated carbocycles. The highest BCUT2D eigenvalue weighted by molar-refractivity contribution is 5.62. The minimum atomic E-state index is -0.821. The van der Waals surface area contributed by atoms with Crippen molar-refractivity contribution in [1.29, 1.82) is 0 Å². The zero-order valence-corrected chi connectivity index (χ0v) is 18.7. The number of halogens is 2. The molecule has 1 aromatic carbocycles. The van der Waals surface area contributed by atoms with E-state index in [1.165, 1.54) is 12.4 Å². The monoisotopic (exact) mass is 455 g/mol. The van der Waals surface area contributed by atoms with Gasteiger partial charge in [-0.2, -0.15) is 5.06 Å². The predicted molar refractivity (Wildman–Crippen MR) is 118 cm³/mol. The molecule has 33 heavy (non-hydrogen) atoms. The number of aromatic nitrogens is 2. The highest BCUT2D eigenvalue weighted by Crippen LogP contribution is 2.48. The molecule has 0 radical (unpaired) electrons. The van der Waals surface area contributed by atoms with E-state index < -0.39 is 17.2 Å². The molecule has 4 aliphatic rings. The molecule has 3 saturated heterocycles. The molecule has 3 fully saturated rings. The van der Waals surface area contributed by atoms with Gasteiger partial charge in [0.1, 0.15) is 5.82 Å². The molecule has 1 spiro atoms. The zero-order valence-electron chi connectivity index (χ0n) is 18.7. The van der Waals surface area contributed by atoms with E-state index in [0.29, 0.717) is 36.3 Å². The van der Waals surface area contributed by atoms with Gasteiger partial charge in [0.15, 0.2) is 5.82 Å². The largest absolute Gasteiger partial charge is 0.340 e. The maximum atomic E-state index is 15.3. The fourth-order valence-corrected chi connectivity index (χ4v) is 5.93. The third-order valence-electron chi connectivity index (χ3n) is 7.55. The van der Waals surface area contributed by atoms with Crippen LogP contribution in [0.3, 0.4) is 0 Å². The average molecular weight is 456 g/mol. The Bertz CT molecular complexity index is 1080. The smallest absolute Gasteiger partial charge is 0.258 e. The van der Waals surface area contributed by atoms with Gasteiger partial charge >= 0.3 is 0 Å². The van der Waals surface area contributed by atoms with Gasteiger partial charge in [-0.25, -0.2) is 28.6 Å². The summed E-state index contributed by atoms with van der Waals surface area (Å²) in [5.74, 6) is 0.0300. The lowest BCUT2D eigenvalue weighted by atomic mass is 9.83. The van der Waals surface area contributed by atoms with E-state index in [1.807, 2.05) is 26.1 Å². The quantitative estimate of drug-likeness (QED) is 0.755. The molecule has 4 atom stereocenters. The molecule has 0 aliphatic carbocycles. The van der Waals surface area contributed by atoms with Crippen LogP contribution in [0.2, 0.25) is 0 Å². The van der Waals surface area contributed by atoms with Crippen LogP contribution in [-0.2, 0) is 10.4 Å². The third-order valence-corrected chi connectivity index (χ3v) is 7.55. The van der Waals surface area contributed by atoms with E-state index in [4.69, 9.17) is 4.84 Å². The van der Waals surface area contributed by atoms with Crippen LogP contribution in [0.15, 0.2) is 35.6 Å². The highest BCUT2D eigenvalue weighted by atomic mass is 19.1. The van der Waals surface area contributed by atoms with Crippen molar-refractivity contribution in [2.75, 3.05) is 44.7 Å². The van der Waals surface area contributed by atoms with E-state index in [-0.39, 0.29) is 5.82 Å². The Morgan fingerprint density at radius 1 is 1.12 bits per heavy atom. The molecular formula is C23H27F2N7O. The minimum Gasteiger partial charge on any atom is -0.340 e. The normalized spacial score (nSPS) is 33.5. The topological polar surface area (TPSA) is 69.1 Å². The number of likely N-dealkylation sites (N-methyl/N-ethyl adjacent to an activating group) is 1. The highest BCUT2D eigenvalue weighted by Gasteiger charge is 2.59. The third kappa shape index (κ3) is 3.39. The van der Waals surface area contributed by atoms with E-state index in [2.05, 4.69) is 30.1 Å². The molecule has 1 aromatic heterocycles. The second kappa shape index (κ2) is 7.41. The summed E-state index contributed by atoms with van der Waals surface area (Å²) in [5, 5.41) is 4.94. The van der Waals surface area contributed by atoms with Crippen molar-refractivity contribution < 1.29 is 13.6 Å². The number of aliphatic imine (C=N–C) groups is 1. The maximum absolute atomic E-state index is 15.3. The van der Waals surface area contributed by atoms with Gasteiger partial charge in [0.05, 0.1) is 24.3 Å². The summed E-state index contributed by atoms with van der Waals surface area (Å²) in [6.45, 7) is 6.00. The summed E-state index contributed by atoms with van der Waals surface area (Å²) in [7, 11) is 1.87. The number of benzene rings is 1. The second-order valence-corrected chi connectivity index (χ2v) is 9.79. The summed E-state index contributed by atoms with van der Waals surface area (Å²) in [4.78, 5) is 23.3. The minimum absolute atomic E-state index is 0.218. The number of hydroxylamine groups is 2. The van der Waals surface area contributed by atoms with E-state index in [0.717, 1.165) is 31.7 Å². The van der Waals surface area contributed by atoms with Crippen LogP contribution >= 0.6 is 0 Å². The summed E-state index contributed by atoms with van der Waals surface area (Å²) >= 11 is 0. The first kappa shape index (κ1) is 20.9. The van der Waals surface area contributed by atoms with Crippen molar-refractivity contribution in [2.45, 2.75) is 24.7 Å². The summed E-state index contributed by atoms with van der Waals surface area (Å²) in [6, 6.07) is 5.43.